The summed E-state index contributed by atoms with van der Waals surface area (Å²) in [5.74, 6) is -0.334. The van der Waals surface area contributed by atoms with Crippen LogP contribution in [-0.2, 0) is 14.3 Å². The Labute approximate surface area is 103 Å². The maximum absolute atomic E-state index is 11.4. The molecule has 0 radical (unpaired) electrons. The molecular weight excluding hydrogens is 220 g/mol. The van der Waals surface area contributed by atoms with Gasteiger partial charge in [-0.05, 0) is 25.2 Å². The fourth-order valence-corrected chi connectivity index (χ4v) is 2.71. The van der Waals surface area contributed by atoms with Crippen LogP contribution in [0.4, 0.5) is 0 Å². The van der Waals surface area contributed by atoms with Crippen molar-refractivity contribution in [2.45, 2.75) is 39.0 Å². The number of carboxylic acids is 1. The van der Waals surface area contributed by atoms with E-state index in [1.165, 1.54) is 0 Å². The van der Waals surface area contributed by atoms with E-state index >= 15 is 0 Å². The van der Waals surface area contributed by atoms with Crippen molar-refractivity contribution < 1.29 is 19.4 Å². The fourth-order valence-electron chi connectivity index (χ4n) is 2.71. The fraction of sp³-hybridized carbons (Fsp3) is 0.923. The van der Waals surface area contributed by atoms with E-state index in [0.29, 0.717) is 25.7 Å². The molecule has 0 aliphatic heterocycles. The van der Waals surface area contributed by atoms with Crippen LogP contribution in [0.1, 0.15) is 39.0 Å². The molecule has 0 amide bonds. The van der Waals surface area contributed by atoms with Crippen LogP contribution < -0.4 is 0 Å². The summed E-state index contributed by atoms with van der Waals surface area (Å²) in [7, 11) is 1.64. The molecule has 100 valence electrons. The minimum atomic E-state index is -0.626. The van der Waals surface area contributed by atoms with Gasteiger partial charge in [-0.3, -0.25) is 4.79 Å². The van der Waals surface area contributed by atoms with Gasteiger partial charge in [0, 0.05) is 13.7 Å². The third-order valence-electron chi connectivity index (χ3n) is 3.59. The molecule has 4 heteroatoms. The number of carboxylic acid groups (broad SMARTS) is 1. The number of rotatable bonds is 8. The second-order valence-electron chi connectivity index (χ2n) is 5.17. The largest absolute Gasteiger partial charge is 0.481 e. The van der Waals surface area contributed by atoms with Gasteiger partial charge in [-0.25, -0.2) is 0 Å². The van der Waals surface area contributed by atoms with Crippen molar-refractivity contribution in [3.63, 3.8) is 0 Å². The van der Waals surface area contributed by atoms with Gasteiger partial charge in [0.05, 0.1) is 18.6 Å². The zero-order valence-corrected chi connectivity index (χ0v) is 10.9. The molecule has 0 saturated heterocycles. The van der Waals surface area contributed by atoms with Crippen molar-refractivity contribution in [1.82, 2.24) is 0 Å². The van der Waals surface area contributed by atoms with E-state index < -0.39 is 11.4 Å². The van der Waals surface area contributed by atoms with E-state index in [9.17, 15) is 9.90 Å². The number of methoxy groups -OCH3 is 1. The number of hydrogen-bond donors (Lipinski definition) is 1. The molecule has 0 aromatic rings. The van der Waals surface area contributed by atoms with Crippen LogP contribution >= 0.6 is 0 Å². The molecule has 1 rings (SSSR count). The van der Waals surface area contributed by atoms with Gasteiger partial charge >= 0.3 is 5.97 Å². The van der Waals surface area contributed by atoms with Crippen molar-refractivity contribution in [2.75, 3.05) is 26.9 Å². The molecule has 17 heavy (non-hydrogen) atoms. The van der Waals surface area contributed by atoms with E-state index in [2.05, 4.69) is 6.92 Å². The van der Waals surface area contributed by atoms with E-state index in [-0.39, 0.29) is 0 Å². The summed E-state index contributed by atoms with van der Waals surface area (Å²) in [5, 5.41) is 9.36. The minimum absolute atomic E-state index is 0.293. The standard InChI is InChI=1S/C13H24O4/c1-11(10-17-8-7-16-2)9-13(12(14)15)5-3-4-6-13/h11H,3-10H2,1-2H3,(H,14,15)/t11-/m0/s1. The van der Waals surface area contributed by atoms with Gasteiger partial charge in [-0.1, -0.05) is 19.8 Å². The maximum Gasteiger partial charge on any atom is 0.309 e. The average Bonchev–Trinajstić information content (AvgIpc) is 2.74. The quantitative estimate of drug-likeness (QED) is 0.666. The number of aliphatic carboxylic acids is 1. The van der Waals surface area contributed by atoms with Gasteiger partial charge in [0.1, 0.15) is 0 Å². The van der Waals surface area contributed by atoms with Gasteiger partial charge in [-0.15, -0.1) is 0 Å². The molecule has 1 saturated carbocycles. The van der Waals surface area contributed by atoms with Crippen LogP contribution in [0.25, 0.3) is 0 Å². The first-order chi connectivity index (χ1) is 8.10. The summed E-state index contributed by atoms with van der Waals surface area (Å²) in [6.07, 6.45) is 4.47. The summed E-state index contributed by atoms with van der Waals surface area (Å²) < 4.78 is 10.3. The maximum atomic E-state index is 11.4. The third kappa shape index (κ3) is 4.28. The highest BCUT2D eigenvalue weighted by Gasteiger charge is 2.41. The Balaban J connectivity index is 2.32. The second-order valence-corrected chi connectivity index (χ2v) is 5.17. The van der Waals surface area contributed by atoms with Gasteiger partial charge < -0.3 is 14.6 Å². The van der Waals surface area contributed by atoms with E-state index in [0.717, 1.165) is 32.1 Å². The number of hydrogen-bond acceptors (Lipinski definition) is 3. The normalized spacial score (nSPS) is 20.4. The van der Waals surface area contributed by atoms with Gasteiger partial charge in [0.15, 0.2) is 0 Å². The van der Waals surface area contributed by atoms with Gasteiger partial charge in [0.25, 0.3) is 0 Å². The highest BCUT2D eigenvalue weighted by Crippen LogP contribution is 2.43. The Kier molecular flexibility index (Phi) is 5.92. The van der Waals surface area contributed by atoms with Crippen LogP contribution in [0.15, 0.2) is 0 Å². The third-order valence-corrected chi connectivity index (χ3v) is 3.59. The second kappa shape index (κ2) is 6.97. The molecule has 1 aliphatic rings. The SMILES string of the molecule is COCCOC[C@@H](C)CC1(C(=O)O)CCCC1. The average molecular weight is 244 g/mol. The van der Waals surface area contributed by atoms with Crippen LogP contribution in [0.5, 0.6) is 0 Å². The van der Waals surface area contributed by atoms with Crippen molar-refractivity contribution >= 4 is 5.97 Å². The first kappa shape index (κ1) is 14.5. The van der Waals surface area contributed by atoms with Gasteiger partial charge in [0.2, 0.25) is 0 Å². The Bertz CT molecular complexity index is 234. The van der Waals surface area contributed by atoms with E-state index in [1.807, 2.05) is 0 Å². The van der Waals surface area contributed by atoms with Crippen LogP contribution in [0, 0.1) is 11.3 Å². The highest BCUT2D eigenvalue weighted by atomic mass is 16.5. The molecule has 0 aromatic carbocycles. The van der Waals surface area contributed by atoms with Crippen LogP contribution in [0.2, 0.25) is 0 Å². The Morgan fingerprint density at radius 2 is 2.00 bits per heavy atom. The van der Waals surface area contributed by atoms with Crippen molar-refractivity contribution in [3.05, 3.63) is 0 Å². The molecule has 0 spiro atoms. The lowest BCUT2D eigenvalue weighted by Crippen LogP contribution is -2.31. The molecular formula is C13H24O4. The Morgan fingerprint density at radius 1 is 1.35 bits per heavy atom. The Morgan fingerprint density at radius 3 is 2.53 bits per heavy atom. The lowest BCUT2D eigenvalue weighted by molar-refractivity contribution is -0.150. The first-order valence-corrected chi connectivity index (χ1v) is 6.41. The highest BCUT2D eigenvalue weighted by molar-refractivity contribution is 5.75. The zero-order valence-electron chi connectivity index (χ0n) is 10.9. The molecule has 1 aliphatic carbocycles. The molecule has 1 atom stereocenters. The topological polar surface area (TPSA) is 55.8 Å². The number of carbonyl (C=O) groups is 1. The molecule has 1 fully saturated rings. The van der Waals surface area contributed by atoms with E-state index in [1.54, 1.807) is 7.11 Å². The lowest BCUT2D eigenvalue weighted by Gasteiger charge is -2.27. The zero-order chi connectivity index (χ0) is 12.7. The molecule has 0 aromatic heterocycles. The summed E-state index contributed by atoms with van der Waals surface area (Å²) in [6, 6.07) is 0. The summed E-state index contributed by atoms with van der Waals surface area (Å²) in [4.78, 5) is 11.4. The smallest absolute Gasteiger partial charge is 0.309 e. The monoisotopic (exact) mass is 244 g/mol. The first-order valence-electron chi connectivity index (χ1n) is 6.41. The van der Waals surface area contributed by atoms with Gasteiger partial charge in [-0.2, -0.15) is 0 Å². The van der Waals surface area contributed by atoms with Crippen molar-refractivity contribution in [1.29, 1.82) is 0 Å². The molecule has 1 N–H and O–H groups in total. The van der Waals surface area contributed by atoms with Crippen molar-refractivity contribution in [2.24, 2.45) is 11.3 Å². The van der Waals surface area contributed by atoms with Crippen LogP contribution in [0.3, 0.4) is 0 Å². The molecule has 4 nitrogen and oxygen atoms in total. The van der Waals surface area contributed by atoms with Crippen molar-refractivity contribution in [3.8, 4) is 0 Å². The summed E-state index contributed by atoms with van der Waals surface area (Å²) in [5.41, 5.74) is -0.482. The molecule has 0 heterocycles. The Hall–Kier alpha value is -0.610. The predicted molar refractivity (Wildman–Crippen MR) is 65.0 cm³/mol. The lowest BCUT2D eigenvalue weighted by atomic mass is 9.78. The van der Waals surface area contributed by atoms with Crippen LogP contribution in [-0.4, -0.2) is 38.0 Å². The summed E-state index contributed by atoms with van der Waals surface area (Å²) >= 11 is 0. The summed E-state index contributed by atoms with van der Waals surface area (Å²) in [6.45, 7) is 3.87. The number of ether oxygens (including phenoxy) is 2. The van der Waals surface area contributed by atoms with E-state index in [4.69, 9.17) is 9.47 Å². The predicted octanol–water partition coefficient (Wildman–Crippen LogP) is 2.32. The molecule has 0 bridgehead atoms. The minimum Gasteiger partial charge on any atom is -0.481 e. The molecule has 0 unspecified atom stereocenters.